The molecule has 1 N–H and O–H groups in total. The summed E-state index contributed by atoms with van der Waals surface area (Å²) in [5.41, 5.74) is 1.99. The molecule has 0 radical (unpaired) electrons. The van der Waals surface area contributed by atoms with Gasteiger partial charge >= 0.3 is 5.97 Å². The number of aliphatic carboxylic acids is 1. The van der Waals surface area contributed by atoms with E-state index in [1.807, 2.05) is 0 Å². The van der Waals surface area contributed by atoms with Crippen LogP contribution in [0.1, 0.15) is 18.5 Å². The number of thiazole rings is 1. The van der Waals surface area contributed by atoms with Crippen molar-refractivity contribution in [3.05, 3.63) is 41.2 Å². The van der Waals surface area contributed by atoms with Crippen LogP contribution in [0.3, 0.4) is 0 Å². The minimum Gasteiger partial charge on any atom is -0.481 e. The fourth-order valence-corrected chi connectivity index (χ4v) is 3.78. The molecule has 1 aromatic heterocycles. The SMILES string of the molecule is O=C(O)CCCN1CCN(Cc2csc(-c3ccc(F)cc3)n2)CC1. The first-order valence-electron chi connectivity index (χ1n) is 8.47. The Hall–Kier alpha value is -1.83. The van der Waals surface area contributed by atoms with Crippen LogP contribution in [0.5, 0.6) is 0 Å². The third kappa shape index (κ3) is 5.32. The lowest BCUT2D eigenvalue weighted by Gasteiger charge is -2.34. The zero-order valence-corrected chi connectivity index (χ0v) is 14.8. The second-order valence-corrected chi connectivity index (χ2v) is 7.12. The molecule has 0 aliphatic carbocycles. The maximum atomic E-state index is 13.0. The lowest BCUT2D eigenvalue weighted by molar-refractivity contribution is -0.137. The summed E-state index contributed by atoms with van der Waals surface area (Å²) >= 11 is 1.59. The van der Waals surface area contributed by atoms with Crippen molar-refractivity contribution in [3.8, 4) is 10.6 Å². The number of carboxylic acid groups (broad SMARTS) is 1. The van der Waals surface area contributed by atoms with Crippen molar-refractivity contribution in [2.45, 2.75) is 19.4 Å². The number of carboxylic acids is 1. The molecule has 0 bridgehead atoms. The lowest BCUT2D eigenvalue weighted by Crippen LogP contribution is -2.46. The quantitative estimate of drug-likeness (QED) is 0.820. The Morgan fingerprint density at radius 2 is 1.84 bits per heavy atom. The highest BCUT2D eigenvalue weighted by molar-refractivity contribution is 7.13. The van der Waals surface area contributed by atoms with Crippen LogP contribution in [0.15, 0.2) is 29.6 Å². The first kappa shape index (κ1) is 18.0. The number of benzene rings is 1. The van der Waals surface area contributed by atoms with Crippen molar-refractivity contribution in [1.82, 2.24) is 14.8 Å². The largest absolute Gasteiger partial charge is 0.481 e. The van der Waals surface area contributed by atoms with Crippen LogP contribution in [-0.4, -0.2) is 58.6 Å². The van der Waals surface area contributed by atoms with Crippen molar-refractivity contribution >= 4 is 17.3 Å². The fraction of sp³-hybridized carbons (Fsp3) is 0.444. The molecular formula is C18H22FN3O2S. The van der Waals surface area contributed by atoms with E-state index in [0.29, 0.717) is 6.42 Å². The molecule has 0 spiro atoms. The molecular weight excluding hydrogens is 341 g/mol. The van der Waals surface area contributed by atoms with Gasteiger partial charge in [0.1, 0.15) is 10.8 Å². The predicted octanol–water partition coefficient (Wildman–Crippen LogP) is 2.93. The van der Waals surface area contributed by atoms with Crippen LogP contribution in [0.25, 0.3) is 10.6 Å². The molecule has 0 atom stereocenters. The molecule has 134 valence electrons. The van der Waals surface area contributed by atoms with E-state index in [4.69, 9.17) is 5.11 Å². The first-order valence-corrected chi connectivity index (χ1v) is 9.35. The second-order valence-electron chi connectivity index (χ2n) is 6.27. The van der Waals surface area contributed by atoms with E-state index >= 15 is 0 Å². The normalized spacial score (nSPS) is 16.2. The molecule has 1 aliphatic rings. The molecule has 25 heavy (non-hydrogen) atoms. The summed E-state index contributed by atoms with van der Waals surface area (Å²) in [5, 5.41) is 11.7. The highest BCUT2D eigenvalue weighted by atomic mass is 32.1. The average molecular weight is 363 g/mol. The Labute approximate surface area is 150 Å². The monoisotopic (exact) mass is 363 g/mol. The van der Waals surface area contributed by atoms with Gasteiger partial charge in [0.05, 0.1) is 5.69 Å². The van der Waals surface area contributed by atoms with Crippen LogP contribution in [0.4, 0.5) is 4.39 Å². The van der Waals surface area contributed by atoms with E-state index in [1.165, 1.54) is 12.1 Å². The van der Waals surface area contributed by atoms with Gasteiger partial charge in [-0.2, -0.15) is 0 Å². The standard InChI is InChI=1S/C18H22FN3O2S/c19-15-5-3-14(4-6-15)18-20-16(13-25-18)12-22-10-8-21(9-11-22)7-1-2-17(23)24/h3-6,13H,1-2,7-12H2,(H,23,24). The zero-order chi connectivity index (χ0) is 17.6. The third-order valence-electron chi connectivity index (χ3n) is 4.36. The number of aromatic nitrogens is 1. The zero-order valence-electron chi connectivity index (χ0n) is 14.0. The summed E-state index contributed by atoms with van der Waals surface area (Å²) in [6.07, 6.45) is 0.952. The van der Waals surface area contributed by atoms with Crippen LogP contribution in [-0.2, 0) is 11.3 Å². The molecule has 1 saturated heterocycles. The maximum Gasteiger partial charge on any atom is 0.303 e. The number of hydrogen-bond acceptors (Lipinski definition) is 5. The topological polar surface area (TPSA) is 56.7 Å². The molecule has 0 unspecified atom stereocenters. The third-order valence-corrected chi connectivity index (χ3v) is 5.30. The molecule has 0 saturated carbocycles. The molecule has 3 rings (SSSR count). The number of piperazine rings is 1. The van der Waals surface area contributed by atoms with Gasteiger partial charge in [0.2, 0.25) is 0 Å². The number of carbonyl (C=O) groups is 1. The summed E-state index contributed by atoms with van der Waals surface area (Å²) in [6, 6.07) is 6.43. The fourth-order valence-electron chi connectivity index (χ4n) is 2.96. The van der Waals surface area contributed by atoms with Crippen molar-refractivity contribution in [1.29, 1.82) is 0 Å². The van der Waals surface area contributed by atoms with Gasteiger partial charge in [-0.25, -0.2) is 9.37 Å². The van der Waals surface area contributed by atoms with Gasteiger partial charge in [0.15, 0.2) is 0 Å². The van der Waals surface area contributed by atoms with E-state index in [0.717, 1.165) is 55.5 Å². The van der Waals surface area contributed by atoms with Crippen molar-refractivity contribution in [3.63, 3.8) is 0 Å². The molecule has 2 aromatic rings. The Morgan fingerprint density at radius 3 is 2.52 bits per heavy atom. The van der Waals surface area contributed by atoms with Gasteiger partial charge < -0.3 is 10.0 Å². The van der Waals surface area contributed by atoms with Gasteiger partial charge in [-0.05, 0) is 37.2 Å². The molecule has 0 amide bonds. The second kappa shape index (κ2) is 8.51. The highest BCUT2D eigenvalue weighted by Crippen LogP contribution is 2.24. The summed E-state index contributed by atoms with van der Waals surface area (Å²) < 4.78 is 13.0. The highest BCUT2D eigenvalue weighted by Gasteiger charge is 2.18. The Kier molecular flexibility index (Phi) is 6.12. The van der Waals surface area contributed by atoms with Gasteiger partial charge in [-0.15, -0.1) is 11.3 Å². The molecule has 1 fully saturated rings. The molecule has 7 heteroatoms. The lowest BCUT2D eigenvalue weighted by atomic mass is 10.2. The smallest absolute Gasteiger partial charge is 0.303 e. The van der Waals surface area contributed by atoms with E-state index in [2.05, 4.69) is 20.2 Å². The molecule has 2 heterocycles. The van der Waals surface area contributed by atoms with E-state index in [9.17, 15) is 9.18 Å². The summed E-state index contributed by atoms with van der Waals surface area (Å²) in [5.74, 6) is -0.958. The van der Waals surface area contributed by atoms with E-state index < -0.39 is 5.97 Å². The van der Waals surface area contributed by atoms with Crippen LogP contribution in [0, 0.1) is 5.82 Å². The van der Waals surface area contributed by atoms with Crippen molar-refractivity contribution in [2.24, 2.45) is 0 Å². The van der Waals surface area contributed by atoms with Gasteiger partial charge in [-0.3, -0.25) is 9.69 Å². The van der Waals surface area contributed by atoms with Crippen LogP contribution < -0.4 is 0 Å². The summed E-state index contributed by atoms with van der Waals surface area (Å²) in [7, 11) is 0. The minimum absolute atomic E-state index is 0.234. The minimum atomic E-state index is -0.723. The molecule has 1 aliphatic heterocycles. The van der Waals surface area contributed by atoms with Crippen molar-refractivity contribution < 1.29 is 14.3 Å². The number of hydrogen-bond donors (Lipinski definition) is 1. The molecule has 5 nitrogen and oxygen atoms in total. The Morgan fingerprint density at radius 1 is 1.16 bits per heavy atom. The number of halogens is 1. The van der Waals surface area contributed by atoms with Gasteiger partial charge in [-0.1, -0.05) is 0 Å². The Balaban J connectivity index is 1.46. The number of rotatable bonds is 7. The van der Waals surface area contributed by atoms with Gasteiger partial charge in [0.25, 0.3) is 0 Å². The Bertz CT molecular complexity index is 697. The van der Waals surface area contributed by atoms with E-state index in [-0.39, 0.29) is 12.2 Å². The van der Waals surface area contributed by atoms with Gasteiger partial charge in [0, 0.05) is 50.1 Å². The summed E-state index contributed by atoms with van der Waals surface area (Å²) in [4.78, 5) is 19.9. The average Bonchev–Trinajstić information content (AvgIpc) is 3.05. The van der Waals surface area contributed by atoms with E-state index in [1.54, 1.807) is 23.5 Å². The molecule has 1 aromatic carbocycles. The van der Waals surface area contributed by atoms with Crippen LogP contribution in [0.2, 0.25) is 0 Å². The predicted molar refractivity (Wildman–Crippen MR) is 96.1 cm³/mol. The maximum absolute atomic E-state index is 13.0. The first-order chi connectivity index (χ1) is 12.1. The van der Waals surface area contributed by atoms with Crippen LogP contribution >= 0.6 is 11.3 Å². The summed E-state index contributed by atoms with van der Waals surface area (Å²) in [6.45, 7) is 5.54. The number of nitrogens with zero attached hydrogens (tertiary/aromatic N) is 3. The van der Waals surface area contributed by atoms with Crippen molar-refractivity contribution in [2.75, 3.05) is 32.7 Å².